The third-order valence-electron chi connectivity index (χ3n) is 4.64. The zero-order valence-electron chi connectivity index (χ0n) is 16.5. The van der Waals surface area contributed by atoms with Crippen LogP contribution in [0.3, 0.4) is 0 Å². The Morgan fingerprint density at radius 1 is 1.10 bits per heavy atom. The summed E-state index contributed by atoms with van der Waals surface area (Å²) in [5.41, 5.74) is 3.07. The van der Waals surface area contributed by atoms with Gasteiger partial charge >= 0.3 is 5.97 Å². The van der Waals surface area contributed by atoms with Gasteiger partial charge in [-0.05, 0) is 36.1 Å². The zero-order chi connectivity index (χ0) is 20.8. The Morgan fingerprint density at radius 2 is 1.79 bits per heavy atom. The van der Waals surface area contributed by atoms with Gasteiger partial charge < -0.3 is 19.5 Å². The van der Waals surface area contributed by atoms with E-state index in [9.17, 15) is 9.59 Å². The molecule has 0 saturated heterocycles. The van der Waals surface area contributed by atoms with Gasteiger partial charge in [-0.3, -0.25) is 4.79 Å². The van der Waals surface area contributed by atoms with Crippen LogP contribution >= 0.6 is 11.6 Å². The van der Waals surface area contributed by atoms with Crippen molar-refractivity contribution in [3.63, 3.8) is 0 Å². The normalized spacial score (nSPS) is 12.8. The van der Waals surface area contributed by atoms with Gasteiger partial charge in [0.2, 0.25) is 0 Å². The van der Waals surface area contributed by atoms with E-state index in [1.54, 1.807) is 0 Å². The van der Waals surface area contributed by atoms with Gasteiger partial charge in [0, 0.05) is 12.1 Å². The van der Waals surface area contributed by atoms with Crippen molar-refractivity contribution in [2.45, 2.75) is 33.1 Å². The van der Waals surface area contributed by atoms with Crippen molar-refractivity contribution in [1.82, 2.24) is 0 Å². The molecule has 0 bridgehead atoms. The fourth-order valence-electron chi connectivity index (χ4n) is 3.14. The second kappa shape index (κ2) is 9.65. The van der Waals surface area contributed by atoms with Crippen LogP contribution in [0, 0.1) is 0 Å². The molecule has 0 fully saturated rings. The number of hydrogen-bond acceptors (Lipinski definition) is 5. The summed E-state index contributed by atoms with van der Waals surface area (Å²) < 4.78 is 16.3. The summed E-state index contributed by atoms with van der Waals surface area (Å²) in [4.78, 5) is 24.8. The molecule has 1 amide bonds. The number of amides is 1. The monoisotopic (exact) mass is 417 g/mol. The lowest BCUT2D eigenvalue weighted by Crippen LogP contribution is -2.22. The van der Waals surface area contributed by atoms with Crippen LogP contribution in [0.5, 0.6) is 11.5 Å². The predicted molar refractivity (Wildman–Crippen MR) is 111 cm³/mol. The third-order valence-corrected chi connectivity index (χ3v) is 4.92. The molecule has 1 aliphatic heterocycles. The van der Waals surface area contributed by atoms with Crippen molar-refractivity contribution in [2.75, 3.05) is 25.1 Å². The van der Waals surface area contributed by atoms with Gasteiger partial charge in [0.05, 0.1) is 23.8 Å². The number of hydrogen-bond donors (Lipinski definition) is 1. The summed E-state index contributed by atoms with van der Waals surface area (Å²) in [5.74, 6) is -0.232. The first-order chi connectivity index (χ1) is 14.0. The molecule has 0 atom stereocenters. The molecule has 2 aromatic rings. The Morgan fingerprint density at radius 3 is 2.48 bits per heavy atom. The number of rotatable bonds is 6. The van der Waals surface area contributed by atoms with E-state index in [0.717, 1.165) is 36.1 Å². The minimum absolute atomic E-state index is 0.204. The van der Waals surface area contributed by atoms with Crippen LogP contribution in [0.15, 0.2) is 30.3 Å². The van der Waals surface area contributed by atoms with Crippen molar-refractivity contribution in [3.05, 3.63) is 52.0 Å². The fraction of sp³-hybridized carbons (Fsp3) is 0.364. The van der Waals surface area contributed by atoms with Gasteiger partial charge in [-0.25, -0.2) is 4.79 Å². The Bertz CT molecular complexity index is 890. The van der Waals surface area contributed by atoms with E-state index >= 15 is 0 Å². The molecule has 1 N–H and O–H groups in total. The van der Waals surface area contributed by atoms with E-state index < -0.39 is 18.5 Å². The third kappa shape index (κ3) is 5.01. The number of benzene rings is 2. The lowest BCUT2D eigenvalue weighted by Gasteiger charge is -2.15. The van der Waals surface area contributed by atoms with Crippen molar-refractivity contribution in [2.24, 2.45) is 0 Å². The Balaban J connectivity index is 1.66. The van der Waals surface area contributed by atoms with Gasteiger partial charge in [-0.15, -0.1) is 0 Å². The molecule has 2 aromatic carbocycles. The maximum atomic E-state index is 12.4. The molecular formula is C22H24ClNO5. The SMILES string of the molecule is CCc1cccc(CC)c1NC(=O)COC(=O)c1cc(Cl)c2c(c1)OCCCO2. The highest BCUT2D eigenvalue weighted by Crippen LogP contribution is 2.38. The van der Waals surface area contributed by atoms with Gasteiger partial charge in [-0.1, -0.05) is 43.6 Å². The number of nitrogens with one attached hydrogen (secondary N) is 1. The maximum absolute atomic E-state index is 12.4. The number of aryl methyl sites for hydroxylation is 2. The number of carbonyl (C=O) groups excluding carboxylic acids is 2. The lowest BCUT2D eigenvalue weighted by molar-refractivity contribution is -0.119. The topological polar surface area (TPSA) is 73.9 Å². The second-order valence-corrected chi connectivity index (χ2v) is 7.03. The second-order valence-electron chi connectivity index (χ2n) is 6.62. The number of ether oxygens (including phenoxy) is 3. The van der Waals surface area contributed by atoms with Gasteiger partial charge in [0.15, 0.2) is 18.1 Å². The van der Waals surface area contributed by atoms with Crippen LogP contribution < -0.4 is 14.8 Å². The quantitative estimate of drug-likeness (QED) is 0.704. The predicted octanol–water partition coefficient (Wildman–Crippen LogP) is 4.42. The molecule has 3 rings (SSSR count). The van der Waals surface area contributed by atoms with Crippen LogP contribution in [-0.4, -0.2) is 31.7 Å². The molecular weight excluding hydrogens is 394 g/mol. The summed E-state index contributed by atoms with van der Waals surface area (Å²) in [6.45, 7) is 4.62. The fourth-order valence-corrected chi connectivity index (χ4v) is 3.41. The summed E-state index contributed by atoms with van der Waals surface area (Å²) in [5, 5.41) is 3.14. The summed E-state index contributed by atoms with van der Waals surface area (Å²) in [7, 11) is 0. The Hall–Kier alpha value is -2.73. The molecule has 1 heterocycles. The molecule has 0 aliphatic carbocycles. The van der Waals surface area contributed by atoms with Crippen LogP contribution in [0.1, 0.15) is 41.8 Å². The first-order valence-electron chi connectivity index (χ1n) is 9.70. The molecule has 154 valence electrons. The molecule has 0 unspecified atom stereocenters. The highest BCUT2D eigenvalue weighted by molar-refractivity contribution is 6.32. The van der Waals surface area contributed by atoms with E-state index in [1.807, 2.05) is 32.0 Å². The first-order valence-corrected chi connectivity index (χ1v) is 10.1. The number of fused-ring (bicyclic) bond motifs is 1. The average Bonchev–Trinajstić information content (AvgIpc) is 2.98. The number of halogens is 1. The van der Waals surface area contributed by atoms with E-state index in [2.05, 4.69) is 5.32 Å². The maximum Gasteiger partial charge on any atom is 0.338 e. The first kappa shape index (κ1) is 21.0. The molecule has 0 spiro atoms. The number of carbonyl (C=O) groups is 2. The van der Waals surface area contributed by atoms with Crippen molar-refractivity contribution >= 4 is 29.2 Å². The van der Waals surface area contributed by atoms with E-state index in [0.29, 0.717) is 24.7 Å². The standard InChI is InChI=1S/C22H24ClNO5/c1-3-14-7-5-8-15(4-2)20(14)24-19(25)13-29-22(26)16-11-17(23)21-18(12-16)27-9-6-10-28-21/h5,7-8,11-12H,3-4,6,9-10,13H2,1-2H3,(H,24,25). The van der Waals surface area contributed by atoms with Crippen LogP contribution in [0.4, 0.5) is 5.69 Å². The minimum Gasteiger partial charge on any atom is -0.489 e. The molecule has 1 aliphatic rings. The Labute approximate surface area is 175 Å². The van der Waals surface area contributed by atoms with Crippen molar-refractivity contribution in [3.8, 4) is 11.5 Å². The van der Waals surface area contributed by atoms with Gasteiger partial charge in [-0.2, -0.15) is 0 Å². The number of para-hydroxylation sites is 1. The van der Waals surface area contributed by atoms with Crippen molar-refractivity contribution in [1.29, 1.82) is 0 Å². The lowest BCUT2D eigenvalue weighted by atomic mass is 10.0. The van der Waals surface area contributed by atoms with Gasteiger partial charge in [0.25, 0.3) is 5.91 Å². The minimum atomic E-state index is -0.655. The molecule has 0 radical (unpaired) electrons. The van der Waals surface area contributed by atoms with Crippen LogP contribution in [0.25, 0.3) is 0 Å². The number of esters is 1. The van der Waals surface area contributed by atoms with E-state index in [1.165, 1.54) is 12.1 Å². The summed E-state index contributed by atoms with van der Waals surface area (Å²) >= 11 is 6.21. The largest absolute Gasteiger partial charge is 0.489 e. The van der Waals surface area contributed by atoms with Crippen LogP contribution in [-0.2, 0) is 22.4 Å². The molecule has 0 aromatic heterocycles. The van der Waals surface area contributed by atoms with Crippen molar-refractivity contribution < 1.29 is 23.8 Å². The summed E-state index contributed by atoms with van der Waals surface area (Å²) in [6.07, 6.45) is 2.31. The average molecular weight is 418 g/mol. The van der Waals surface area contributed by atoms with E-state index in [4.69, 9.17) is 25.8 Å². The summed E-state index contributed by atoms with van der Waals surface area (Å²) in [6, 6.07) is 8.90. The smallest absolute Gasteiger partial charge is 0.338 e. The molecule has 7 heteroatoms. The Kier molecular flexibility index (Phi) is 6.99. The highest BCUT2D eigenvalue weighted by Gasteiger charge is 2.20. The number of anilines is 1. The molecule has 29 heavy (non-hydrogen) atoms. The molecule has 0 saturated carbocycles. The molecule has 6 nitrogen and oxygen atoms in total. The highest BCUT2D eigenvalue weighted by atomic mass is 35.5. The zero-order valence-corrected chi connectivity index (χ0v) is 17.3. The van der Waals surface area contributed by atoms with Crippen LogP contribution in [0.2, 0.25) is 5.02 Å². The van der Waals surface area contributed by atoms with Gasteiger partial charge in [0.1, 0.15) is 0 Å². The van der Waals surface area contributed by atoms with E-state index in [-0.39, 0.29) is 10.6 Å².